The van der Waals surface area contributed by atoms with Gasteiger partial charge in [0.25, 0.3) is 5.91 Å². The summed E-state index contributed by atoms with van der Waals surface area (Å²) < 4.78 is 13.1. The second-order valence-electron chi connectivity index (χ2n) is 7.45. The fourth-order valence-corrected chi connectivity index (χ4v) is 3.64. The first-order chi connectivity index (χ1) is 15.1. The summed E-state index contributed by atoms with van der Waals surface area (Å²) in [6.45, 7) is 4.55. The van der Waals surface area contributed by atoms with Crippen molar-refractivity contribution in [2.45, 2.75) is 13.0 Å². The van der Waals surface area contributed by atoms with Crippen LogP contribution in [0.4, 0.5) is 5.69 Å². The van der Waals surface area contributed by atoms with Crippen molar-refractivity contribution in [2.24, 2.45) is 0 Å². The Morgan fingerprint density at radius 1 is 1.26 bits per heavy atom. The maximum atomic E-state index is 12.4. The Hall–Kier alpha value is -3.50. The van der Waals surface area contributed by atoms with E-state index in [0.717, 1.165) is 24.2 Å². The molecule has 1 aliphatic heterocycles. The maximum Gasteiger partial charge on any atom is 0.272 e. The van der Waals surface area contributed by atoms with Gasteiger partial charge < -0.3 is 24.5 Å². The number of rotatable bonds is 5. The fourth-order valence-electron chi connectivity index (χ4n) is 3.64. The number of carbonyl (C=O) groups is 1. The van der Waals surface area contributed by atoms with Gasteiger partial charge in [0, 0.05) is 25.3 Å². The molecule has 10 heteroatoms. The molecular weight excluding hydrogens is 400 g/mol. The number of carbonyl (C=O) groups excluding carboxylic acids is 1. The predicted octanol–water partition coefficient (Wildman–Crippen LogP) is 1.48. The molecule has 2 N–H and O–H groups in total. The van der Waals surface area contributed by atoms with Gasteiger partial charge in [-0.3, -0.25) is 4.79 Å². The number of hydrogen-bond acceptors (Lipinski definition) is 8. The van der Waals surface area contributed by atoms with E-state index in [-0.39, 0.29) is 24.2 Å². The number of imidazole rings is 1. The third kappa shape index (κ3) is 3.60. The minimum Gasteiger partial charge on any atom is -0.436 e. The van der Waals surface area contributed by atoms with Crippen LogP contribution in [-0.2, 0) is 4.74 Å². The topological polar surface area (TPSA) is 118 Å². The lowest BCUT2D eigenvalue weighted by Crippen LogP contribution is -2.36. The minimum atomic E-state index is -0.371. The van der Waals surface area contributed by atoms with Crippen molar-refractivity contribution in [1.29, 1.82) is 0 Å². The van der Waals surface area contributed by atoms with Crippen LogP contribution in [0.5, 0.6) is 0 Å². The summed E-state index contributed by atoms with van der Waals surface area (Å²) in [7, 11) is 0. The van der Waals surface area contributed by atoms with Crippen LogP contribution < -0.4 is 10.2 Å². The van der Waals surface area contributed by atoms with Crippen LogP contribution in [0.3, 0.4) is 0 Å². The van der Waals surface area contributed by atoms with E-state index in [1.165, 1.54) is 0 Å². The number of nitrogens with zero attached hydrogens (tertiary/aromatic N) is 5. The van der Waals surface area contributed by atoms with Crippen molar-refractivity contribution in [3.8, 4) is 11.5 Å². The number of anilines is 1. The van der Waals surface area contributed by atoms with E-state index in [1.54, 1.807) is 36.0 Å². The number of nitrogens with one attached hydrogen (secondary N) is 1. The number of fused-ring (bicyclic) bond motifs is 2. The number of aliphatic hydroxyl groups is 1. The van der Waals surface area contributed by atoms with E-state index in [1.807, 2.05) is 12.1 Å². The second kappa shape index (κ2) is 7.97. The maximum absolute atomic E-state index is 12.4. The van der Waals surface area contributed by atoms with Crippen molar-refractivity contribution in [2.75, 3.05) is 37.8 Å². The molecule has 0 aliphatic carbocycles. The number of hydrogen-bond donors (Lipinski definition) is 2. The average Bonchev–Trinajstić information content (AvgIpc) is 3.42. The zero-order chi connectivity index (χ0) is 21.4. The number of ether oxygens (including phenoxy) is 1. The predicted molar refractivity (Wildman–Crippen MR) is 113 cm³/mol. The molecule has 160 valence electrons. The normalized spacial score (nSPS) is 15.5. The molecule has 1 saturated heterocycles. The Labute approximate surface area is 177 Å². The van der Waals surface area contributed by atoms with Crippen LogP contribution in [0.2, 0.25) is 0 Å². The summed E-state index contributed by atoms with van der Waals surface area (Å²) in [5.41, 5.74) is 2.99. The first kappa shape index (κ1) is 19.5. The van der Waals surface area contributed by atoms with Crippen LogP contribution in [0.15, 0.2) is 41.1 Å². The number of pyridine rings is 1. The lowest BCUT2D eigenvalue weighted by molar-refractivity contribution is 0.0916. The second-order valence-corrected chi connectivity index (χ2v) is 7.45. The summed E-state index contributed by atoms with van der Waals surface area (Å²) >= 11 is 0. The first-order valence-electron chi connectivity index (χ1n) is 10.1. The van der Waals surface area contributed by atoms with E-state index >= 15 is 0 Å². The zero-order valence-electron chi connectivity index (χ0n) is 17.0. The Bertz CT molecular complexity index is 1240. The van der Waals surface area contributed by atoms with Crippen LogP contribution in [-0.4, -0.2) is 69.5 Å². The average molecular weight is 422 g/mol. The van der Waals surface area contributed by atoms with Crippen molar-refractivity contribution in [1.82, 2.24) is 24.9 Å². The highest BCUT2D eigenvalue weighted by molar-refractivity contribution is 5.93. The molecule has 5 rings (SSSR count). The number of aromatic nitrogens is 4. The lowest BCUT2D eigenvalue weighted by Gasteiger charge is -2.29. The fraction of sp³-hybridized carbons (Fsp3) is 0.333. The highest BCUT2D eigenvalue weighted by atomic mass is 16.5. The lowest BCUT2D eigenvalue weighted by atomic mass is 10.2. The molecule has 0 radical (unpaired) electrons. The van der Waals surface area contributed by atoms with Crippen molar-refractivity contribution in [3.05, 3.63) is 42.4 Å². The van der Waals surface area contributed by atoms with Crippen molar-refractivity contribution in [3.63, 3.8) is 0 Å². The standard InChI is InChI=1S/C21H22N6O4/c1-13(12-28)24-20(29)15-2-3-19-23-11-17(27(19)25-15)18-10-14-16(4-5-22-21(14)31-18)26-6-8-30-9-7-26/h2-5,10-11,13,28H,6-9,12H2,1H3,(H,24,29)/t13-/m1/s1. The minimum absolute atomic E-state index is 0.151. The van der Waals surface area contributed by atoms with E-state index in [4.69, 9.17) is 14.3 Å². The highest BCUT2D eigenvalue weighted by Gasteiger charge is 2.20. The first-order valence-corrected chi connectivity index (χ1v) is 10.1. The molecular formula is C21H22N6O4. The monoisotopic (exact) mass is 422 g/mol. The molecule has 0 aromatic carbocycles. The molecule has 0 bridgehead atoms. The van der Waals surface area contributed by atoms with Crippen LogP contribution in [0, 0.1) is 0 Å². The van der Waals surface area contributed by atoms with Gasteiger partial charge in [-0.25, -0.2) is 14.5 Å². The molecule has 10 nitrogen and oxygen atoms in total. The molecule has 1 amide bonds. The largest absolute Gasteiger partial charge is 0.436 e. The third-order valence-corrected chi connectivity index (χ3v) is 5.26. The van der Waals surface area contributed by atoms with Gasteiger partial charge in [-0.05, 0) is 31.2 Å². The van der Waals surface area contributed by atoms with E-state index in [9.17, 15) is 4.79 Å². The smallest absolute Gasteiger partial charge is 0.272 e. The molecule has 4 aromatic heterocycles. The number of aliphatic hydroxyl groups excluding tert-OH is 1. The van der Waals surface area contributed by atoms with Gasteiger partial charge in [0.1, 0.15) is 11.4 Å². The van der Waals surface area contributed by atoms with E-state index < -0.39 is 0 Å². The van der Waals surface area contributed by atoms with Gasteiger partial charge in [-0.1, -0.05) is 0 Å². The van der Waals surface area contributed by atoms with Crippen LogP contribution in [0.1, 0.15) is 17.4 Å². The zero-order valence-corrected chi connectivity index (χ0v) is 17.0. The summed E-state index contributed by atoms with van der Waals surface area (Å²) in [4.78, 5) is 23.4. The Morgan fingerprint density at radius 3 is 2.90 bits per heavy atom. The van der Waals surface area contributed by atoms with E-state index in [0.29, 0.717) is 36.0 Å². The SMILES string of the molecule is C[C@H](CO)NC(=O)c1ccc2ncc(-c3cc4c(N5CCOCC5)ccnc4o3)n2n1. The summed E-state index contributed by atoms with van der Waals surface area (Å²) in [5, 5.41) is 17.2. The van der Waals surface area contributed by atoms with Gasteiger partial charge in [0.05, 0.1) is 37.1 Å². The van der Waals surface area contributed by atoms with Crippen molar-refractivity contribution < 1.29 is 19.1 Å². The molecule has 1 atom stereocenters. The molecule has 1 fully saturated rings. The Kier molecular flexibility index (Phi) is 5.00. The van der Waals surface area contributed by atoms with Crippen LogP contribution >= 0.6 is 0 Å². The van der Waals surface area contributed by atoms with Crippen molar-refractivity contribution >= 4 is 28.3 Å². The van der Waals surface area contributed by atoms with Gasteiger partial charge in [0.2, 0.25) is 5.71 Å². The van der Waals surface area contributed by atoms with Gasteiger partial charge in [-0.15, -0.1) is 0 Å². The number of morpholine rings is 1. The van der Waals surface area contributed by atoms with Crippen LogP contribution in [0.25, 0.3) is 28.2 Å². The number of amides is 1. The molecule has 0 saturated carbocycles. The van der Waals surface area contributed by atoms with Gasteiger partial charge in [-0.2, -0.15) is 5.10 Å². The summed E-state index contributed by atoms with van der Waals surface area (Å²) in [6.07, 6.45) is 3.39. The molecule has 5 heterocycles. The highest BCUT2D eigenvalue weighted by Crippen LogP contribution is 2.33. The molecule has 0 spiro atoms. The Morgan fingerprint density at radius 2 is 2.10 bits per heavy atom. The van der Waals surface area contributed by atoms with Gasteiger partial charge in [0.15, 0.2) is 11.4 Å². The quantitative estimate of drug-likeness (QED) is 0.497. The van der Waals surface area contributed by atoms with Gasteiger partial charge >= 0.3 is 0 Å². The molecule has 0 unspecified atom stereocenters. The molecule has 4 aromatic rings. The summed E-state index contributed by atoms with van der Waals surface area (Å²) in [6, 6.07) is 6.85. The Balaban J connectivity index is 1.54. The summed E-state index contributed by atoms with van der Waals surface area (Å²) in [5.74, 6) is 0.188. The number of furan rings is 1. The molecule has 1 aliphatic rings. The van der Waals surface area contributed by atoms with E-state index in [2.05, 4.69) is 25.3 Å². The molecule has 31 heavy (non-hydrogen) atoms. The third-order valence-electron chi connectivity index (χ3n) is 5.26.